The first-order chi connectivity index (χ1) is 12.3. The van der Waals surface area contributed by atoms with Gasteiger partial charge < -0.3 is 9.47 Å². The predicted octanol–water partition coefficient (Wildman–Crippen LogP) is 6.00. The number of epoxide rings is 1. The summed E-state index contributed by atoms with van der Waals surface area (Å²) < 4.78 is 10.7. The van der Waals surface area contributed by atoms with E-state index in [1.54, 1.807) is 0 Å². The van der Waals surface area contributed by atoms with E-state index in [1.807, 2.05) is 11.8 Å². The summed E-state index contributed by atoms with van der Waals surface area (Å²) in [6, 6.07) is 0. The summed E-state index contributed by atoms with van der Waals surface area (Å²) in [7, 11) is 0. The molecule has 4 heteroatoms. The molecule has 0 aromatic rings. The Hall–Kier alpha value is -0.220. The molecule has 1 aliphatic heterocycles. The van der Waals surface area contributed by atoms with E-state index in [0.717, 1.165) is 37.4 Å². The van der Waals surface area contributed by atoms with E-state index < -0.39 is 0 Å². The molecule has 0 aromatic heterocycles. The number of thioether (sulfide) groups is 1. The summed E-state index contributed by atoms with van der Waals surface area (Å²) in [6.07, 6.45) is 15.1. The lowest BCUT2D eigenvalue weighted by atomic mass is 9.94. The topological polar surface area (TPSA) is 38.8 Å². The van der Waals surface area contributed by atoms with Crippen LogP contribution in [-0.2, 0) is 14.3 Å². The Morgan fingerprint density at radius 2 is 1.56 bits per heavy atom. The van der Waals surface area contributed by atoms with Gasteiger partial charge >= 0.3 is 5.97 Å². The lowest BCUT2D eigenvalue weighted by Crippen LogP contribution is -2.19. The first-order valence-corrected chi connectivity index (χ1v) is 11.8. The van der Waals surface area contributed by atoms with Gasteiger partial charge in [0.15, 0.2) is 0 Å². The van der Waals surface area contributed by atoms with Gasteiger partial charge in [0.25, 0.3) is 0 Å². The van der Waals surface area contributed by atoms with E-state index in [0.29, 0.717) is 12.7 Å². The van der Waals surface area contributed by atoms with Crippen molar-refractivity contribution < 1.29 is 14.3 Å². The summed E-state index contributed by atoms with van der Waals surface area (Å²) in [5.41, 5.74) is 0. The minimum absolute atomic E-state index is 0.0494. The molecule has 0 N–H and O–H groups in total. The van der Waals surface area contributed by atoms with Gasteiger partial charge in [-0.15, -0.1) is 0 Å². The lowest BCUT2D eigenvalue weighted by Gasteiger charge is -2.16. The van der Waals surface area contributed by atoms with Crippen LogP contribution < -0.4 is 0 Å². The number of esters is 1. The zero-order valence-electron chi connectivity index (χ0n) is 16.6. The van der Waals surface area contributed by atoms with Crippen molar-refractivity contribution >= 4 is 17.7 Å². The molecule has 2 unspecified atom stereocenters. The normalized spacial score (nSPS) is 17.4. The maximum absolute atomic E-state index is 12.4. The first-order valence-electron chi connectivity index (χ1n) is 10.6. The quantitative estimate of drug-likeness (QED) is 0.168. The van der Waals surface area contributed by atoms with Crippen LogP contribution in [0.15, 0.2) is 0 Å². The molecule has 2 atom stereocenters. The highest BCUT2D eigenvalue weighted by Crippen LogP contribution is 2.21. The SMILES string of the molecule is CCCCCCCCC(CCCCCC)C(=O)OCCSCC1CO1. The standard InChI is InChI=1S/C21H40O3S/c1-3-5-7-9-10-12-14-19(13-11-8-6-4-2)21(22)23-15-16-25-18-20-17-24-20/h19-20H,3-18H2,1-2H3. The van der Waals surface area contributed by atoms with Gasteiger partial charge in [-0.3, -0.25) is 4.79 Å². The smallest absolute Gasteiger partial charge is 0.308 e. The van der Waals surface area contributed by atoms with Gasteiger partial charge in [0.2, 0.25) is 0 Å². The number of hydrogen-bond donors (Lipinski definition) is 0. The molecule has 3 nitrogen and oxygen atoms in total. The van der Waals surface area contributed by atoms with Gasteiger partial charge in [-0.2, -0.15) is 11.8 Å². The second kappa shape index (κ2) is 16.0. The van der Waals surface area contributed by atoms with Crippen LogP contribution in [0.4, 0.5) is 0 Å². The third-order valence-corrected chi connectivity index (χ3v) is 5.89. The number of unbranched alkanes of at least 4 members (excludes halogenated alkanes) is 8. The van der Waals surface area contributed by atoms with E-state index >= 15 is 0 Å². The Kier molecular flexibility index (Phi) is 14.6. The summed E-state index contributed by atoms with van der Waals surface area (Å²) in [5, 5.41) is 0. The fourth-order valence-corrected chi connectivity index (χ4v) is 3.89. The average molecular weight is 373 g/mol. The van der Waals surface area contributed by atoms with Crippen molar-refractivity contribution in [3.05, 3.63) is 0 Å². The van der Waals surface area contributed by atoms with Crippen molar-refractivity contribution in [3.8, 4) is 0 Å². The molecule has 0 radical (unpaired) electrons. The Balaban J connectivity index is 2.15. The van der Waals surface area contributed by atoms with Crippen LogP contribution in [0.3, 0.4) is 0 Å². The van der Waals surface area contributed by atoms with Crippen LogP contribution in [-0.4, -0.2) is 36.8 Å². The molecular weight excluding hydrogens is 332 g/mol. The molecule has 148 valence electrons. The highest BCUT2D eigenvalue weighted by molar-refractivity contribution is 7.99. The van der Waals surface area contributed by atoms with Crippen molar-refractivity contribution in [1.29, 1.82) is 0 Å². The van der Waals surface area contributed by atoms with E-state index in [-0.39, 0.29) is 11.9 Å². The second-order valence-electron chi connectivity index (χ2n) is 7.30. The van der Waals surface area contributed by atoms with Gasteiger partial charge in [0.05, 0.1) is 18.6 Å². The zero-order chi connectivity index (χ0) is 18.2. The van der Waals surface area contributed by atoms with Crippen LogP contribution in [0.25, 0.3) is 0 Å². The number of carbonyl (C=O) groups is 1. The summed E-state index contributed by atoms with van der Waals surface area (Å²) in [5.74, 6) is 2.11. The van der Waals surface area contributed by atoms with Gasteiger partial charge in [0, 0.05) is 11.5 Å². The number of hydrogen-bond acceptors (Lipinski definition) is 4. The molecule has 0 aromatic carbocycles. The highest BCUT2D eigenvalue weighted by Gasteiger charge is 2.22. The molecule has 0 bridgehead atoms. The number of ether oxygens (including phenoxy) is 2. The van der Waals surface area contributed by atoms with Crippen molar-refractivity contribution in [3.63, 3.8) is 0 Å². The molecule has 1 rings (SSSR count). The first kappa shape index (κ1) is 22.8. The molecule has 0 aliphatic carbocycles. The van der Waals surface area contributed by atoms with Crippen molar-refractivity contribution in [2.24, 2.45) is 5.92 Å². The Morgan fingerprint density at radius 1 is 1.00 bits per heavy atom. The molecular formula is C21H40O3S. The van der Waals surface area contributed by atoms with Crippen LogP contribution >= 0.6 is 11.8 Å². The van der Waals surface area contributed by atoms with Crippen molar-refractivity contribution in [2.75, 3.05) is 24.7 Å². The summed E-state index contributed by atoms with van der Waals surface area (Å²) in [6.45, 7) is 5.94. The molecule has 1 aliphatic rings. The lowest BCUT2D eigenvalue weighted by molar-refractivity contribution is -0.148. The van der Waals surface area contributed by atoms with Crippen LogP contribution in [0, 0.1) is 5.92 Å². The van der Waals surface area contributed by atoms with Gasteiger partial charge in [-0.1, -0.05) is 78.1 Å². The monoisotopic (exact) mass is 372 g/mol. The van der Waals surface area contributed by atoms with Crippen LogP contribution in [0.5, 0.6) is 0 Å². The summed E-state index contributed by atoms with van der Waals surface area (Å²) in [4.78, 5) is 12.4. The minimum atomic E-state index is 0.0494. The number of carbonyl (C=O) groups excluding carboxylic acids is 1. The Bertz CT molecular complexity index is 318. The van der Waals surface area contributed by atoms with E-state index in [9.17, 15) is 4.79 Å². The third kappa shape index (κ3) is 13.6. The van der Waals surface area contributed by atoms with E-state index in [2.05, 4.69) is 13.8 Å². The minimum Gasteiger partial charge on any atom is -0.465 e. The van der Waals surface area contributed by atoms with Gasteiger partial charge in [-0.05, 0) is 12.8 Å². The molecule has 0 saturated carbocycles. The maximum Gasteiger partial charge on any atom is 0.308 e. The highest BCUT2D eigenvalue weighted by atomic mass is 32.2. The maximum atomic E-state index is 12.4. The fourth-order valence-electron chi connectivity index (χ4n) is 3.07. The van der Waals surface area contributed by atoms with Crippen molar-refractivity contribution in [1.82, 2.24) is 0 Å². The molecule has 0 amide bonds. The predicted molar refractivity (Wildman–Crippen MR) is 108 cm³/mol. The van der Waals surface area contributed by atoms with Crippen LogP contribution in [0.1, 0.15) is 90.9 Å². The molecule has 25 heavy (non-hydrogen) atoms. The van der Waals surface area contributed by atoms with Crippen molar-refractivity contribution in [2.45, 2.75) is 97.0 Å². The van der Waals surface area contributed by atoms with Gasteiger partial charge in [0.1, 0.15) is 6.61 Å². The number of rotatable bonds is 18. The third-order valence-electron chi connectivity index (χ3n) is 4.82. The summed E-state index contributed by atoms with van der Waals surface area (Å²) >= 11 is 1.83. The Labute approximate surface area is 160 Å². The molecule has 0 spiro atoms. The van der Waals surface area contributed by atoms with Gasteiger partial charge in [-0.25, -0.2) is 0 Å². The molecule has 1 saturated heterocycles. The fraction of sp³-hybridized carbons (Fsp3) is 0.952. The molecule has 1 heterocycles. The second-order valence-corrected chi connectivity index (χ2v) is 8.45. The average Bonchev–Trinajstić information content (AvgIpc) is 3.43. The van der Waals surface area contributed by atoms with E-state index in [1.165, 1.54) is 57.8 Å². The molecule has 1 fully saturated rings. The zero-order valence-corrected chi connectivity index (χ0v) is 17.4. The van der Waals surface area contributed by atoms with E-state index in [4.69, 9.17) is 9.47 Å². The largest absolute Gasteiger partial charge is 0.465 e. The van der Waals surface area contributed by atoms with Crippen LogP contribution in [0.2, 0.25) is 0 Å². The Morgan fingerprint density at radius 3 is 2.16 bits per heavy atom.